The van der Waals surface area contributed by atoms with Gasteiger partial charge in [-0.05, 0) is 39.4 Å². The Hall–Kier alpha value is -0.160. The summed E-state index contributed by atoms with van der Waals surface area (Å²) in [5.74, 6) is 0. The van der Waals surface area contributed by atoms with E-state index in [-0.39, 0.29) is 0 Å². The zero-order chi connectivity index (χ0) is 13.6. The summed E-state index contributed by atoms with van der Waals surface area (Å²) in [7, 11) is 3.52. The van der Waals surface area contributed by atoms with E-state index in [1.54, 1.807) is 14.2 Å². The first kappa shape index (κ1) is 17.8. The predicted molar refractivity (Wildman–Crippen MR) is 77.2 cm³/mol. The molecule has 110 valence electrons. The van der Waals surface area contributed by atoms with Crippen LogP contribution in [0.5, 0.6) is 0 Å². The van der Waals surface area contributed by atoms with Crippen molar-refractivity contribution in [3.63, 3.8) is 0 Å². The van der Waals surface area contributed by atoms with Crippen LogP contribution in [0.25, 0.3) is 0 Å². The van der Waals surface area contributed by atoms with Crippen molar-refractivity contribution < 1.29 is 9.47 Å². The SMILES string of the molecule is CCNCCCCCN(CCOC)C(C)COC. The smallest absolute Gasteiger partial charge is 0.0615 e. The van der Waals surface area contributed by atoms with Crippen LogP contribution in [-0.2, 0) is 9.47 Å². The van der Waals surface area contributed by atoms with Gasteiger partial charge in [-0.2, -0.15) is 0 Å². The van der Waals surface area contributed by atoms with Crippen molar-refractivity contribution in [3.05, 3.63) is 0 Å². The van der Waals surface area contributed by atoms with Crippen LogP contribution in [0.2, 0.25) is 0 Å². The number of nitrogens with one attached hydrogen (secondary N) is 1. The highest BCUT2D eigenvalue weighted by Crippen LogP contribution is 2.04. The summed E-state index contributed by atoms with van der Waals surface area (Å²) in [4.78, 5) is 2.46. The lowest BCUT2D eigenvalue weighted by molar-refractivity contribution is 0.0740. The van der Waals surface area contributed by atoms with E-state index < -0.39 is 0 Å². The van der Waals surface area contributed by atoms with Crippen LogP contribution in [0.3, 0.4) is 0 Å². The maximum Gasteiger partial charge on any atom is 0.0615 e. The summed E-state index contributed by atoms with van der Waals surface area (Å²) in [6, 6.07) is 0.471. The van der Waals surface area contributed by atoms with Gasteiger partial charge in [-0.3, -0.25) is 4.90 Å². The van der Waals surface area contributed by atoms with E-state index in [0.29, 0.717) is 6.04 Å². The fourth-order valence-electron chi connectivity index (χ4n) is 2.03. The number of hydrogen-bond donors (Lipinski definition) is 1. The number of methoxy groups -OCH3 is 2. The topological polar surface area (TPSA) is 33.7 Å². The average molecular weight is 260 g/mol. The highest BCUT2D eigenvalue weighted by molar-refractivity contribution is 4.66. The first-order valence-corrected chi connectivity index (χ1v) is 7.18. The van der Waals surface area contributed by atoms with Crippen LogP contribution in [0.4, 0.5) is 0 Å². The molecule has 0 aromatic heterocycles. The normalized spacial score (nSPS) is 13.2. The van der Waals surface area contributed by atoms with E-state index in [4.69, 9.17) is 9.47 Å². The van der Waals surface area contributed by atoms with Crippen LogP contribution in [0.15, 0.2) is 0 Å². The quantitative estimate of drug-likeness (QED) is 0.512. The Morgan fingerprint density at radius 3 is 2.44 bits per heavy atom. The third kappa shape index (κ3) is 9.83. The van der Waals surface area contributed by atoms with Crippen LogP contribution in [0, 0.1) is 0 Å². The van der Waals surface area contributed by atoms with Gasteiger partial charge in [-0.15, -0.1) is 0 Å². The molecule has 0 bridgehead atoms. The van der Waals surface area contributed by atoms with E-state index in [9.17, 15) is 0 Å². The summed E-state index contributed by atoms with van der Waals surface area (Å²) in [5.41, 5.74) is 0. The molecule has 1 N–H and O–H groups in total. The standard InChI is InChI=1S/C14H32N2O2/c1-5-15-9-7-6-8-10-16(11-12-17-3)14(2)13-18-4/h14-15H,5-13H2,1-4H3. The Morgan fingerprint density at radius 2 is 1.83 bits per heavy atom. The van der Waals surface area contributed by atoms with Crippen molar-refractivity contribution in [2.75, 3.05) is 53.6 Å². The lowest BCUT2D eigenvalue weighted by Crippen LogP contribution is -2.39. The lowest BCUT2D eigenvalue weighted by Gasteiger charge is -2.28. The first-order valence-electron chi connectivity index (χ1n) is 7.18. The highest BCUT2D eigenvalue weighted by atomic mass is 16.5. The molecular weight excluding hydrogens is 228 g/mol. The minimum Gasteiger partial charge on any atom is -0.383 e. The Bertz CT molecular complexity index is 168. The second-order valence-corrected chi connectivity index (χ2v) is 4.75. The predicted octanol–water partition coefficient (Wildman–Crippen LogP) is 1.75. The minimum absolute atomic E-state index is 0.471. The molecule has 0 aliphatic heterocycles. The molecule has 0 aliphatic carbocycles. The molecule has 0 fully saturated rings. The average Bonchev–Trinajstić information content (AvgIpc) is 2.37. The summed E-state index contributed by atoms with van der Waals surface area (Å²) in [5, 5.41) is 3.36. The Morgan fingerprint density at radius 1 is 1.06 bits per heavy atom. The molecule has 1 unspecified atom stereocenters. The highest BCUT2D eigenvalue weighted by Gasteiger charge is 2.12. The third-order valence-corrected chi connectivity index (χ3v) is 3.16. The van der Waals surface area contributed by atoms with Crippen LogP contribution >= 0.6 is 0 Å². The van der Waals surface area contributed by atoms with Crippen molar-refractivity contribution in [2.45, 2.75) is 39.2 Å². The van der Waals surface area contributed by atoms with Gasteiger partial charge < -0.3 is 14.8 Å². The number of unbranched alkanes of at least 4 members (excludes halogenated alkanes) is 2. The van der Waals surface area contributed by atoms with Gasteiger partial charge in [0.2, 0.25) is 0 Å². The molecule has 1 atom stereocenters. The van der Waals surface area contributed by atoms with Gasteiger partial charge in [0.15, 0.2) is 0 Å². The molecular formula is C14H32N2O2. The first-order chi connectivity index (χ1) is 8.76. The second-order valence-electron chi connectivity index (χ2n) is 4.75. The van der Waals surface area contributed by atoms with E-state index in [2.05, 4.69) is 24.1 Å². The fraction of sp³-hybridized carbons (Fsp3) is 1.00. The summed E-state index contributed by atoms with van der Waals surface area (Å²) >= 11 is 0. The fourth-order valence-corrected chi connectivity index (χ4v) is 2.03. The van der Waals surface area contributed by atoms with E-state index in [1.165, 1.54) is 19.3 Å². The molecule has 0 aromatic carbocycles. The molecule has 0 aliphatic rings. The molecule has 0 amide bonds. The molecule has 0 saturated heterocycles. The van der Waals surface area contributed by atoms with Gasteiger partial charge in [-0.1, -0.05) is 13.3 Å². The Kier molecular flexibility index (Phi) is 13.2. The molecule has 0 aromatic rings. The van der Waals surface area contributed by atoms with E-state index in [1.807, 2.05) is 0 Å². The zero-order valence-electron chi connectivity index (χ0n) is 12.7. The second kappa shape index (κ2) is 13.3. The number of hydrogen-bond acceptors (Lipinski definition) is 4. The van der Waals surface area contributed by atoms with Crippen molar-refractivity contribution in [3.8, 4) is 0 Å². The maximum atomic E-state index is 5.23. The summed E-state index contributed by atoms with van der Waals surface area (Å²) in [6.45, 7) is 10.3. The van der Waals surface area contributed by atoms with Crippen LogP contribution < -0.4 is 5.32 Å². The van der Waals surface area contributed by atoms with E-state index in [0.717, 1.165) is 39.4 Å². The lowest BCUT2D eigenvalue weighted by atomic mass is 10.2. The van der Waals surface area contributed by atoms with Crippen LogP contribution in [-0.4, -0.2) is 64.6 Å². The molecule has 0 saturated carbocycles. The largest absolute Gasteiger partial charge is 0.383 e. The number of nitrogens with zero attached hydrogens (tertiary/aromatic N) is 1. The van der Waals surface area contributed by atoms with E-state index >= 15 is 0 Å². The van der Waals surface area contributed by atoms with Gasteiger partial charge in [0.25, 0.3) is 0 Å². The zero-order valence-corrected chi connectivity index (χ0v) is 12.7. The minimum atomic E-state index is 0.471. The summed E-state index contributed by atoms with van der Waals surface area (Å²) < 4.78 is 10.4. The molecule has 0 rings (SSSR count). The molecule has 0 radical (unpaired) electrons. The number of ether oxygens (including phenoxy) is 2. The van der Waals surface area contributed by atoms with Crippen molar-refractivity contribution in [2.24, 2.45) is 0 Å². The van der Waals surface area contributed by atoms with Crippen molar-refractivity contribution >= 4 is 0 Å². The summed E-state index contributed by atoms with van der Waals surface area (Å²) in [6.07, 6.45) is 3.81. The van der Waals surface area contributed by atoms with Crippen molar-refractivity contribution in [1.29, 1.82) is 0 Å². The van der Waals surface area contributed by atoms with Crippen molar-refractivity contribution in [1.82, 2.24) is 10.2 Å². The van der Waals surface area contributed by atoms with Gasteiger partial charge in [0.1, 0.15) is 0 Å². The maximum absolute atomic E-state index is 5.23. The molecule has 4 heteroatoms. The molecule has 0 spiro atoms. The molecule has 0 heterocycles. The third-order valence-electron chi connectivity index (χ3n) is 3.16. The van der Waals surface area contributed by atoms with Gasteiger partial charge >= 0.3 is 0 Å². The van der Waals surface area contributed by atoms with Gasteiger partial charge in [-0.25, -0.2) is 0 Å². The number of rotatable bonds is 13. The monoisotopic (exact) mass is 260 g/mol. The Balaban J connectivity index is 3.71. The van der Waals surface area contributed by atoms with Gasteiger partial charge in [0, 0.05) is 26.8 Å². The molecule has 4 nitrogen and oxygen atoms in total. The van der Waals surface area contributed by atoms with Crippen LogP contribution in [0.1, 0.15) is 33.1 Å². The molecule has 18 heavy (non-hydrogen) atoms. The Labute approximate surface area is 113 Å². The van der Waals surface area contributed by atoms with Gasteiger partial charge in [0.05, 0.1) is 13.2 Å².